The van der Waals surface area contributed by atoms with Gasteiger partial charge in [0, 0.05) is 14.1 Å². The molecule has 4 rings (SSSR count). The zero-order valence-corrected chi connectivity index (χ0v) is 17.8. The second-order valence-electron chi connectivity index (χ2n) is 6.76. The molecule has 3 aromatic rings. The van der Waals surface area contributed by atoms with Gasteiger partial charge in [0.25, 0.3) is 5.91 Å². The predicted molar refractivity (Wildman–Crippen MR) is 120 cm³/mol. The normalized spacial score (nSPS) is 15.7. The molecule has 2 heterocycles. The maximum Gasteiger partial charge on any atom is 0.328 e. The van der Waals surface area contributed by atoms with Crippen LogP contribution < -0.4 is 10.4 Å². The van der Waals surface area contributed by atoms with Crippen molar-refractivity contribution in [1.29, 1.82) is 0 Å². The van der Waals surface area contributed by atoms with Crippen LogP contribution in [0.5, 0.6) is 5.75 Å². The van der Waals surface area contributed by atoms with Gasteiger partial charge in [0.15, 0.2) is 0 Å². The summed E-state index contributed by atoms with van der Waals surface area (Å²) in [5, 5.41) is 0. The molecule has 1 saturated heterocycles. The van der Waals surface area contributed by atoms with Crippen LogP contribution in [0.25, 0.3) is 17.1 Å². The number of thioether (sulfide) groups is 1. The van der Waals surface area contributed by atoms with Crippen molar-refractivity contribution in [2.24, 2.45) is 14.1 Å². The Balaban J connectivity index is 1.60. The molecule has 8 heteroatoms. The van der Waals surface area contributed by atoms with Gasteiger partial charge in [0.1, 0.15) is 10.1 Å². The van der Waals surface area contributed by atoms with E-state index in [1.54, 1.807) is 35.2 Å². The summed E-state index contributed by atoms with van der Waals surface area (Å²) in [5.74, 6) is 0.655. The number of benzene rings is 2. The van der Waals surface area contributed by atoms with Gasteiger partial charge in [-0.25, -0.2) is 4.79 Å². The Kier molecular flexibility index (Phi) is 5.06. The molecule has 1 aliphatic heterocycles. The van der Waals surface area contributed by atoms with Gasteiger partial charge in [-0.3, -0.25) is 18.8 Å². The van der Waals surface area contributed by atoms with Crippen LogP contribution in [0.15, 0.2) is 52.2 Å². The van der Waals surface area contributed by atoms with E-state index >= 15 is 0 Å². The molecule has 2 aromatic carbocycles. The Labute approximate surface area is 177 Å². The number of aryl methyl sites for hydroxylation is 2. The fourth-order valence-electron chi connectivity index (χ4n) is 3.31. The smallest absolute Gasteiger partial charge is 0.328 e. The zero-order chi connectivity index (χ0) is 20.7. The van der Waals surface area contributed by atoms with Crippen molar-refractivity contribution in [3.8, 4) is 5.75 Å². The summed E-state index contributed by atoms with van der Waals surface area (Å²) < 4.78 is 8.91. The average Bonchev–Trinajstić information content (AvgIpc) is 3.11. The fraction of sp³-hybridized carbons (Fsp3) is 0.190. The lowest BCUT2D eigenvalue weighted by atomic mass is 10.1. The number of thiocarbonyl (C=S) groups is 1. The van der Waals surface area contributed by atoms with Crippen LogP contribution in [-0.2, 0) is 25.4 Å². The Morgan fingerprint density at radius 1 is 1.03 bits per heavy atom. The molecule has 0 unspecified atom stereocenters. The molecule has 1 fully saturated rings. The summed E-state index contributed by atoms with van der Waals surface area (Å²) in [4.78, 5) is 27.2. The predicted octanol–water partition coefficient (Wildman–Crippen LogP) is 3.29. The summed E-state index contributed by atoms with van der Waals surface area (Å²) in [5.41, 5.74) is 3.41. The van der Waals surface area contributed by atoms with E-state index in [0.717, 1.165) is 27.9 Å². The number of carbonyl (C=O) groups excluding carboxylic acids is 1. The third-order valence-electron chi connectivity index (χ3n) is 4.97. The quantitative estimate of drug-likeness (QED) is 0.474. The van der Waals surface area contributed by atoms with Gasteiger partial charge in [-0.1, -0.05) is 42.2 Å². The molecule has 1 aliphatic rings. The molecule has 0 saturated carbocycles. The first kappa shape index (κ1) is 19.5. The van der Waals surface area contributed by atoms with Crippen molar-refractivity contribution >= 4 is 51.3 Å². The summed E-state index contributed by atoms with van der Waals surface area (Å²) in [7, 11) is 5.10. The van der Waals surface area contributed by atoms with Crippen LogP contribution in [-0.4, -0.2) is 31.4 Å². The molecular weight excluding hydrogens is 406 g/mol. The molecule has 0 spiro atoms. The van der Waals surface area contributed by atoms with E-state index in [-0.39, 0.29) is 11.6 Å². The van der Waals surface area contributed by atoms with Crippen LogP contribution in [0, 0.1) is 0 Å². The van der Waals surface area contributed by atoms with Gasteiger partial charge < -0.3 is 4.74 Å². The van der Waals surface area contributed by atoms with E-state index in [0.29, 0.717) is 15.8 Å². The monoisotopic (exact) mass is 425 g/mol. The SMILES string of the molecule is COc1ccc(CN2C(=O)/C(=C\c3ccc4c(c3)n(C)c(=O)n4C)SC2=S)cc1. The molecular formula is C21H19N3O3S2. The van der Waals surface area contributed by atoms with Crippen LogP contribution in [0.2, 0.25) is 0 Å². The van der Waals surface area contributed by atoms with Gasteiger partial charge >= 0.3 is 5.69 Å². The van der Waals surface area contributed by atoms with Gasteiger partial charge in [0.2, 0.25) is 0 Å². The molecule has 1 aromatic heterocycles. The number of amides is 1. The molecule has 1 amide bonds. The van der Waals surface area contributed by atoms with Crippen molar-refractivity contribution in [3.05, 3.63) is 69.0 Å². The van der Waals surface area contributed by atoms with Gasteiger partial charge in [-0.2, -0.15) is 0 Å². The molecule has 0 aliphatic carbocycles. The van der Waals surface area contributed by atoms with Gasteiger partial charge in [-0.05, 0) is 41.5 Å². The zero-order valence-electron chi connectivity index (χ0n) is 16.2. The first-order chi connectivity index (χ1) is 13.9. The Hall–Kier alpha value is -2.84. The van der Waals surface area contributed by atoms with Crippen LogP contribution in [0.3, 0.4) is 0 Å². The van der Waals surface area contributed by atoms with Crippen molar-refractivity contribution in [1.82, 2.24) is 14.0 Å². The van der Waals surface area contributed by atoms with Crippen LogP contribution >= 0.6 is 24.0 Å². The highest BCUT2D eigenvalue weighted by Gasteiger charge is 2.32. The topological polar surface area (TPSA) is 56.5 Å². The van der Waals surface area contributed by atoms with E-state index in [4.69, 9.17) is 17.0 Å². The molecule has 0 atom stereocenters. The van der Waals surface area contributed by atoms with Crippen molar-refractivity contribution < 1.29 is 9.53 Å². The van der Waals surface area contributed by atoms with Gasteiger partial charge in [-0.15, -0.1) is 0 Å². The number of nitrogens with zero attached hydrogens (tertiary/aromatic N) is 3. The molecule has 29 heavy (non-hydrogen) atoms. The largest absolute Gasteiger partial charge is 0.497 e. The molecule has 0 bridgehead atoms. The second-order valence-corrected chi connectivity index (χ2v) is 8.44. The molecule has 0 N–H and O–H groups in total. The van der Waals surface area contributed by atoms with Crippen molar-refractivity contribution in [2.45, 2.75) is 6.54 Å². The first-order valence-corrected chi connectivity index (χ1v) is 10.2. The summed E-state index contributed by atoms with van der Waals surface area (Å²) >= 11 is 6.72. The lowest BCUT2D eigenvalue weighted by Gasteiger charge is -2.14. The number of carbonyl (C=O) groups is 1. The maximum atomic E-state index is 12.9. The minimum Gasteiger partial charge on any atom is -0.497 e. The first-order valence-electron chi connectivity index (χ1n) is 8.93. The average molecular weight is 426 g/mol. The maximum absolute atomic E-state index is 12.9. The standard InChI is InChI=1S/C21H19N3O3S2/c1-22-16-9-6-14(10-17(16)23(2)20(22)26)11-18-19(25)24(21(28)29-18)12-13-4-7-15(27-3)8-5-13/h4-11H,12H2,1-3H3/b18-11+. The third kappa shape index (κ3) is 3.49. The molecule has 6 nitrogen and oxygen atoms in total. The lowest BCUT2D eigenvalue weighted by molar-refractivity contribution is -0.122. The van der Waals surface area contributed by atoms with E-state index < -0.39 is 0 Å². The molecule has 148 valence electrons. The van der Waals surface area contributed by atoms with Crippen molar-refractivity contribution in [2.75, 3.05) is 7.11 Å². The number of hydrogen-bond acceptors (Lipinski definition) is 5. The number of ether oxygens (including phenoxy) is 1. The van der Waals surface area contributed by atoms with Crippen LogP contribution in [0.4, 0.5) is 0 Å². The summed E-state index contributed by atoms with van der Waals surface area (Å²) in [6.07, 6.45) is 1.82. The van der Waals surface area contributed by atoms with E-state index in [1.807, 2.05) is 48.5 Å². The fourth-order valence-corrected chi connectivity index (χ4v) is 4.57. The van der Waals surface area contributed by atoms with E-state index in [9.17, 15) is 9.59 Å². The van der Waals surface area contributed by atoms with E-state index in [2.05, 4.69) is 0 Å². The number of aromatic nitrogens is 2. The minimum absolute atomic E-state index is 0.0806. The number of rotatable bonds is 4. The number of imidazole rings is 1. The second kappa shape index (κ2) is 7.53. The highest BCUT2D eigenvalue weighted by molar-refractivity contribution is 8.26. The number of hydrogen-bond donors (Lipinski definition) is 0. The number of methoxy groups -OCH3 is 1. The Morgan fingerprint density at radius 3 is 2.41 bits per heavy atom. The highest BCUT2D eigenvalue weighted by Crippen LogP contribution is 2.34. The van der Waals surface area contributed by atoms with Crippen LogP contribution in [0.1, 0.15) is 11.1 Å². The summed E-state index contributed by atoms with van der Waals surface area (Å²) in [6.45, 7) is 0.415. The Bertz CT molecular complexity index is 1220. The third-order valence-corrected chi connectivity index (χ3v) is 6.34. The number of fused-ring (bicyclic) bond motifs is 1. The Morgan fingerprint density at radius 2 is 1.72 bits per heavy atom. The van der Waals surface area contributed by atoms with Crippen molar-refractivity contribution in [3.63, 3.8) is 0 Å². The molecule has 0 radical (unpaired) electrons. The highest BCUT2D eigenvalue weighted by atomic mass is 32.2. The summed E-state index contributed by atoms with van der Waals surface area (Å²) in [6, 6.07) is 13.3. The lowest BCUT2D eigenvalue weighted by Crippen LogP contribution is -2.27. The van der Waals surface area contributed by atoms with E-state index in [1.165, 1.54) is 11.8 Å². The minimum atomic E-state index is -0.113. The van der Waals surface area contributed by atoms with Gasteiger partial charge in [0.05, 0.1) is 29.6 Å².